The van der Waals surface area contributed by atoms with Gasteiger partial charge >= 0.3 is 17.9 Å². The fraction of sp³-hybridized carbons (Fsp3) is 0.632. The molecule has 0 radical (unpaired) electrons. The monoisotopic (exact) mass is 348 g/mol. The number of ether oxygens (including phenoxy) is 3. The van der Waals surface area contributed by atoms with E-state index < -0.39 is 11.5 Å². The van der Waals surface area contributed by atoms with Crippen molar-refractivity contribution in [1.29, 1.82) is 0 Å². The van der Waals surface area contributed by atoms with Crippen LogP contribution in [0.2, 0.25) is 0 Å². The first-order chi connectivity index (χ1) is 11.7. The Morgan fingerprint density at radius 1 is 1.28 bits per heavy atom. The van der Waals surface area contributed by atoms with Crippen LogP contribution in [-0.4, -0.2) is 36.7 Å². The van der Waals surface area contributed by atoms with Gasteiger partial charge in [-0.1, -0.05) is 13.5 Å². The van der Waals surface area contributed by atoms with Gasteiger partial charge < -0.3 is 14.2 Å². The molecule has 1 aliphatic heterocycles. The van der Waals surface area contributed by atoms with Gasteiger partial charge in [0.1, 0.15) is 18.8 Å². The van der Waals surface area contributed by atoms with Crippen molar-refractivity contribution in [1.82, 2.24) is 0 Å². The van der Waals surface area contributed by atoms with Crippen LogP contribution in [0.15, 0.2) is 23.3 Å². The van der Waals surface area contributed by atoms with Crippen LogP contribution in [-0.2, 0) is 28.6 Å². The van der Waals surface area contributed by atoms with Gasteiger partial charge in [-0.3, -0.25) is 9.59 Å². The maximum absolute atomic E-state index is 12.0. The summed E-state index contributed by atoms with van der Waals surface area (Å²) in [4.78, 5) is 34.8. The number of rotatable bonds is 3. The summed E-state index contributed by atoms with van der Waals surface area (Å²) in [5.41, 5.74) is 2.00. The second-order valence-electron chi connectivity index (χ2n) is 7.35. The number of fused-ring (bicyclic) bond motifs is 3. The highest BCUT2D eigenvalue weighted by Crippen LogP contribution is 2.56. The largest absolute Gasteiger partial charge is 0.462 e. The number of hydrogen-bond donors (Lipinski definition) is 0. The fourth-order valence-corrected chi connectivity index (χ4v) is 4.53. The zero-order valence-corrected chi connectivity index (χ0v) is 14.9. The Morgan fingerprint density at radius 2 is 2.00 bits per heavy atom. The predicted molar refractivity (Wildman–Crippen MR) is 88.3 cm³/mol. The van der Waals surface area contributed by atoms with Gasteiger partial charge in [0.25, 0.3) is 0 Å². The van der Waals surface area contributed by atoms with Gasteiger partial charge in [0.15, 0.2) is 0 Å². The molecule has 0 N–H and O–H groups in total. The molecular weight excluding hydrogens is 324 g/mol. The molecule has 1 heterocycles. The first kappa shape index (κ1) is 17.7. The number of carbonyl (C=O) groups excluding carboxylic acids is 3. The van der Waals surface area contributed by atoms with Crippen LogP contribution in [0.3, 0.4) is 0 Å². The molecule has 1 saturated heterocycles. The van der Waals surface area contributed by atoms with E-state index in [0.29, 0.717) is 18.4 Å². The van der Waals surface area contributed by atoms with Crippen molar-refractivity contribution in [3.63, 3.8) is 0 Å². The van der Waals surface area contributed by atoms with Gasteiger partial charge in [-0.25, -0.2) is 4.79 Å². The predicted octanol–water partition coefficient (Wildman–Crippen LogP) is 2.47. The van der Waals surface area contributed by atoms with Gasteiger partial charge in [-0.05, 0) is 36.8 Å². The molecule has 0 amide bonds. The van der Waals surface area contributed by atoms with E-state index in [0.717, 1.165) is 24.0 Å². The van der Waals surface area contributed by atoms with E-state index in [1.54, 1.807) is 0 Å². The molecule has 0 aromatic rings. The minimum Gasteiger partial charge on any atom is -0.462 e. The van der Waals surface area contributed by atoms with E-state index in [1.807, 2.05) is 6.92 Å². The molecule has 3 rings (SSSR count). The molecule has 4 atom stereocenters. The quantitative estimate of drug-likeness (QED) is 0.337. The van der Waals surface area contributed by atoms with E-state index in [2.05, 4.69) is 6.58 Å². The van der Waals surface area contributed by atoms with Crippen LogP contribution in [0.25, 0.3) is 0 Å². The summed E-state index contributed by atoms with van der Waals surface area (Å²) in [6.45, 7) is 8.89. The molecule has 1 saturated carbocycles. The van der Waals surface area contributed by atoms with Gasteiger partial charge in [0.2, 0.25) is 0 Å². The summed E-state index contributed by atoms with van der Waals surface area (Å²) in [7, 11) is 0. The Labute approximate surface area is 147 Å². The van der Waals surface area contributed by atoms with Crippen LogP contribution in [0.5, 0.6) is 0 Å². The minimum absolute atomic E-state index is 0.0565. The van der Waals surface area contributed by atoms with Crippen LogP contribution in [0.1, 0.15) is 46.5 Å². The Hall–Kier alpha value is -2.11. The molecule has 2 aliphatic carbocycles. The van der Waals surface area contributed by atoms with Crippen molar-refractivity contribution in [2.45, 2.75) is 58.7 Å². The first-order valence-corrected chi connectivity index (χ1v) is 8.66. The summed E-state index contributed by atoms with van der Waals surface area (Å²) in [5, 5.41) is 0. The average Bonchev–Trinajstić information content (AvgIpc) is 2.81. The Morgan fingerprint density at radius 3 is 2.64 bits per heavy atom. The molecule has 25 heavy (non-hydrogen) atoms. The molecule has 0 aromatic heterocycles. The molecule has 3 aliphatic rings. The van der Waals surface area contributed by atoms with Crippen molar-refractivity contribution < 1.29 is 28.6 Å². The lowest BCUT2D eigenvalue weighted by Crippen LogP contribution is -2.49. The SMILES string of the molecule is C=C1C(=O)O[C@@H]2C3=C(COC(C)=O)CC[C@@H](OC(C)=O)[C@]3(C)CC[C@@H]12. The van der Waals surface area contributed by atoms with Crippen LogP contribution in [0, 0.1) is 11.3 Å². The molecule has 0 unspecified atom stereocenters. The van der Waals surface area contributed by atoms with Crippen molar-refractivity contribution in [2.75, 3.05) is 6.61 Å². The topological polar surface area (TPSA) is 78.9 Å². The summed E-state index contributed by atoms with van der Waals surface area (Å²) < 4.78 is 16.4. The minimum atomic E-state index is -0.425. The lowest BCUT2D eigenvalue weighted by molar-refractivity contribution is -0.156. The standard InChI is InChI=1S/C19H24O6/c1-10-14-7-8-19(4)15(24-12(3)21)6-5-13(9-23-11(2)20)16(19)17(14)25-18(10)22/h14-15,17H,1,5-9H2,2-4H3/t14-,15+,17-,19-/m0/s1. The lowest BCUT2D eigenvalue weighted by Gasteiger charge is -2.49. The molecule has 0 aromatic carbocycles. The van der Waals surface area contributed by atoms with Gasteiger partial charge in [-0.2, -0.15) is 0 Å². The maximum Gasteiger partial charge on any atom is 0.334 e. The third-order valence-corrected chi connectivity index (χ3v) is 5.74. The zero-order chi connectivity index (χ0) is 18.4. The highest BCUT2D eigenvalue weighted by Gasteiger charge is 2.56. The molecular formula is C19H24O6. The number of carbonyl (C=O) groups is 3. The Kier molecular flexibility index (Phi) is 4.47. The van der Waals surface area contributed by atoms with Crippen molar-refractivity contribution in [3.8, 4) is 0 Å². The second-order valence-corrected chi connectivity index (χ2v) is 7.35. The maximum atomic E-state index is 12.0. The highest BCUT2D eigenvalue weighted by molar-refractivity contribution is 5.91. The van der Waals surface area contributed by atoms with E-state index in [4.69, 9.17) is 14.2 Å². The third kappa shape index (κ3) is 2.98. The van der Waals surface area contributed by atoms with E-state index in [-0.39, 0.29) is 36.5 Å². The first-order valence-electron chi connectivity index (χ1n) is 8.66. The number of hydrogen-bond acceptors (Lipinski definition) is 6. The number of esters is 3. The Bertz CT molecular complexity index is 675. The Balaban J connectivity index is 2.02. The lowest BCUT2D eigenvalue weighted by atomic mass is 9.58. The molecule has 6 heteroatoms. The molecule has 136 valence electrons. The molecule has 0 bridgehead atoms. The van der Waals surface area contributed by atoms with E-state index in [9.17, 15) is 14.4 Å². The molecule has 2 fully saturated rings. The normalized spacial score (nSPS) is 34.1. The van der Waals surface area contributed by atoms with Crippen molar-refractivity contribution in [3.05, 3.63) is 23.3 Å². The fourth-order valence-electron chi connectivity index (χ4n) is 4.53. The molecule has 0 spiro atoms. The average molecular weight is 348 g/mol. The van der Waals surface area contributed by atoms with Gasteiger partial charge in [-0.15, -0.1) is 0 Å². The molecule has 6 nitrogen and oxygen atoms in total. The van der Waals surface area contributed by atoms with Crippen LogP contribution >= 0.6 is 0 Å². The summed E-state index contributed by atoms with van der Waals surface area (Å²) in [5.74, 6) is -1.09. The van der Waals surface area contributed by atoms with E-state index >= 15 is 0 Å². The van der Waals surface area contributed by atoms with E-state index in [1.165, 1.54) is 13.8 Å². The highest BCUT2D eigenvalue weighted by atomic mass is 16.6. The van der Waals surface area contributed by atoms with Gasteiger partial charge in [0.05, 0.1) is 0 Å². The van der Waals surface area contributed by atoms with Crippen molar-refractivity contribution >= 4 is 17.9 Å². The van der Waals surface area contributed by atoms with Crippen molar-refractivity contribution in [2.24, 2.45) is 11.3 Å². The second kappa shape index (κ2) is 6.32. The summed E-state index contributed by atoms with van der Waals surface area (Å²) >= 11 is 0. The third-order valence-electron chi connectivity index (χ3n) is 5.74. The van der Waals surface area contributed by atoms with Crippen LogP contribution in [0.4, 0.5) is 0 Å². The smallest absolute Gasteiger partial charge is 0.334 e. The van der Waals surface area contributed by atoms with Gasteiger partial charge in [0, 0.05) is 30.8 Å². The van der Waals surface area contributed by atoms with Crippen LogP contribution < -0.4 is 0 Å². The zero-order valence-electron chi connectivity index (χ0n) is 14.9. The summed E-state index contributed by atoms with van der Waals surface area (Å²) in [6, 6.07) is 0. The summed E-state index contributed by atoms with van der Waals surface area (Å²) in [6.07, 6.45) is 2.16.